The summed E-state index contributed by atoms with van der Waals surface area (Å²) in [7, 11) is 1.49. The Bertz CT molecular complexity index is 927. The van der Waals surface area contributed by atoms with Crippen molar-refractivity contribution >= 4 is 19.8 Å². The third kappa shape index (κ3) is 41.0. The van der Waals surface area contributed by atoms with Gasteiger partial charge in [0.15, 0.2) is 6.10 Å². The Morgan fingerprint density at radius 1 is 0.545 bits per heavy atom. The van der Waals surface area contributed by atoms with Crippen LogP contribution < -0.4 is 0 Å². The first-order chi connectivity index (χ1) is 26.4. The number of likely N-dealkylation sites (N-methyl/N-ethyl adjacent to an activating group) is 1. The lowest BCUT2D eigenvalue weighted by Gasteiger charge is -2.24. The van der Waals surface area contributed by atoms with E-state index in [0.29, 0.717) is 23.9 Å². The number of hydrogen-bond acceptors (Lipinski definition) is 7. The Morgan fingerprint density at radius 3 is 1.35 bits per heavy atom. The molecule has 3 atom stereocenters. The number of unbranched alkanes of at least 4 members (excludes halogenated alkanes) is 24. The zero-order valence-corrected chi connectivity index (χ0v) is 38.0. The summed E-state index contributed by atoms with van der Waals surface area (Å²) < 4.78 is 34.4. The average molecular weight is 805 g/mol. The molecule has 55 heavy (non-hydrogen) atoms. The Morgan fingerprint density at radius 2 is 0.927 bits per heavy atom. The van der Waals surface area contributed by atoms with Gasteiger partial charge in [-0.1, -0.05) is 194 Å². The lowest BCUT2D eigenvalue weighted by Crippen LogP contribution is -2.37. The largest absolute Gasteiger partial charge is 0.472 e. The monoisotopic (exact) mass is 805 g/mol. The number of esters is 2. The van der Waals surface area contributed by atoms with Crippen LogP contribution in [0.2, 0.25) is 0 Å². The second kappa shape index (κ2) is 37.3. The minimum Gasteiger partial charge on any atom is -0.462 e. The molecule has 0 bridgehead atoms. The molecular formula is C45H91NO8P+. The number of hydrogen-bond donors (Lipinski definition) is 1. The standard InChI is InChI=1S/C45H90NO8P/c1-7-9-11-13-15-17-18-19-20-21-22-23-25-27-32-36-44(47)51-40-43(41-53-55(49,50)52-39-38-46(4,5)6)54-45(48)37-33-29-28-31-35-42(3)34-30-26-24-16-14-12-10-8-2/h42-43H,7-41H2,1-6H3/p+1. The van der Waals surface area contributed by atoms with Gasteiger partial charge in [0.05, 0.1) is 27.7 Å². The highest BCUT2D eigenvalue weighted by molar-refractivity contribution is 7.47. The molecule has 9 nitrogen and oxygen atoms in total. The molecule has 0 saturated carbocycles. The summed E-state index contributed by atoms with van der Waals surface area (Å²) in [6, 6.07) is 0. The first kappa shape index (κ1) is 54.0. The van der Waals surface area contributed by atoms with Gasteiger partial charge >= 0.3 is 19.8 Å². The smallest absolute Gasteiger partial charge is 0.462 e. The van der Waals surface area contributed by atoms with E-state index >= 15 is 0 Å². The van der Waals surface area contributed by atoms with Crippen molar-refractivity contribution in [1.82, 2.24) is 0 Å². The topological polar surface area (TPSA) is 108 Å². The maximum atomic E-state index is 12.7. The van der Waals surface area contributed by atoms with Crippen LogP contribution in [0.5, 0.6) is 0 Å². The molecule has 0 aliphatic heterocycles. The van der Waals surface area contributed by atoms with Gasteiger partial charge < -0.3 is 18.9 Å². The molecule has 328 valence electrons. The molecule has 10 heteroatoms. The average Bonchev–Trinajstić information content (AvgIpc) is 3.13. The van der Waals surface area contributed by atoms with Crippen molar-refractivity contribution in [3.63, 3.8) is 0 Å². The highest BCUT2D eigenvalue weighted by Gasteiger charge is 2.27. The third-order valence-electron chi connectivity index (χ3n) is 10.5. The van der Waals surface area contributed by atoms with Gasteiger partial charge in [0.25, 0.3) is 0 Å². The van der Waals surface area contributed by atoms with Crippen molar-refractivity contribution in [2.45, 2.75) is 226 Å². The van der Waals surface area contributed by atoms with Crippen LogP contribution in [-0.2, 0) is 32.7 Å². The minimum absolute atomic E-state index is 0.0357. The molecule has 0 spiro atoms. The predicted molar refractivity (Wildman–Crippen MR) is 229 cm³/mol. The lowest BCUT2D eigenvalue weighted by molar-refractivity contribution is -0.870. The van der Waals surface area contributed by atoms with E-state index in [0.717, 1.165) is 38.0 Å². The summed E-state index contributed by atoms with van der Waals surface area (Å²) in [6.45, 7) is 6.81. The van der Waals surface area contributed by atoms with E-state index < -0.39 is 26.5 Å². The van der Waals surface area contributed by atoms with E-state index in [4.69, 9.17) is 18.5 Å². The maximum absolute atomic E-state index is 12.7. The lowest BCUT2D eigenvalue weighted by atomic mass is 9.96. The second-order valence-electron chi connectivity index (χ2n) is 17.4. The van der Waals surface area contributed by atoms with Gasteiger partial charge in [0, 0.05) is 12.8 Å². The molecule has 0 aliphatic rings. The van der Waals surface area contributed by atoms with Crippen LogP contribution in [0, 0.1) is 5.92 Å². The minimum atomic E-state index is -4.37. The zero-order valence-electron chi connectivity index (χ0n) is 37.1. The highest BCUT2D eigenvalue weighted by Crippen LogP contribution is 2.43. The van der Waals surface area contributed by atoms with Crippen LogP contribution >= 0.6 is 7.82 Å². The number of carbonyl (C=O) groups is 2. The van der Waals surface area contributed by atoms with Crippen molar-refractivity contribution < 1.29 is 42.1 Å². The van der Waals surface area contributed by atoms with E-state index in [1.165, 1.54) is 148 Å². The molecular weight excluding hydrogens is 713 g/mol. The number of nitrogens with zero attached hydrogens (tertiary/aromatic N) is 1. The quantitative estimate of drug-likeness (QED) is 0.0281. The molecule has 3 unspecified atom stereocenters. The molecule has 1 N–H and O–H groups in total. The van der Waals surface area contributed by atoms with Crippen molar-refractivity contribution in [2.24, 2.45) is 5.92 Å². The van der Waals surface area contributed by atoms with Crippen molar-refractivity contribution in [3.8, 4) is 0 Å². The Hall–Kier alpha value is -0.990. The summed E-state index contributed by atoms with van der Waals surface area (Å²) in [6.07, 6.45) is 35.7. The fourth-order valence-electron chi connectivity index (χ4n) is 6.79. The van der Waals surface area contributed by atoms with Crippen LogP contribution in [0.25, 0.3) is 0 Å². The van der Waals surface area contributed by atoms with Crippen LogP contribution in [-0.4, -0.2) is 74.9 Å². The number of rotatable bonds is 42. The van der Waals surface area contributed by atoms with Gasteiger partial charge in [-0.3, -0.25) is 18.6 Å². The van der Waals surface area contributed by atoms with Gasteiger partial charge in [0.2, 0.25) is 0 Å². The summed E-state index contributed by atoms with van der Waals surface area (Å²) >= 11 is 0. The number of carbonyl (C=O) groups excluding carboxylic acids is 2. The normalized spacial score (nSPS) is 14.1. The molecule has 0 amide bonds. The summed E-state index contributed by atoms with van der Waals surface area (Å²) in [5, 5.41) is 0. The van der Waals surface area contributed by atoms with E-state index in [1.54, 1.807) is 0 Å². The van der Waals surface area contributed by atoms with E-state index in [1.807, 2.05) is 21.1 Å². The van der Waals surface area contributed by atoms with Gasteiger partial charge in [-0.15, -0.1) is 0 Å². The molecule has 0 aromatic carbocycles. The van der Waals surface area contributed by atoms with Crippen LogP contribution in [0.1, 0.15) is 220 Å². The maximum Gasteiger partial charge on any atom is 0.472 e. The molecule has 0 radical (unpaired) electrons. The molecule has 0 heterocycles. The van der Waals surface area contributed by atoms with Crippen molar-refractivity contribution in [2.75, 3.05) is 47.5 Å². The SMILES string of the molecule is CCCCCCCCCCCCCCCCCC(=O)OCC(COP(=O)(O)OCC[N+](C)(C)C)OC(=O)CCCCCCC(C)CCCCCCCCCC. The van der Waals surface area contributed by atoms with E-state index in [2.05, 4.69) is 20.8 Å². The second-order valence-corrected chi connectivity index (χ2v) is 18.9. The molecule has 0 rings (SSSR count). The Kier molecular flexibility index (Phi) is 36.6. The van der Waals surface area contributed by atoms with Crippen molar-refractivity contribution in [3.05, 3.63) is 0 Å². The number of phosphoric ester groups is 1. The Balaban J connectivity index is 4.37. The van der Waals surface area contributed by atoms with Crippen LogP contribution in [0.4, 0.5) is 0 Å². The summed E-state index contributed by atoms with van der Waals surface area (Å²) in [5.41, 5.74) is 0. The zero-order chi connectivity index (χ0) is 40.9. The first-order valence-corrected chi connectivity index (χ1v) is 24.7. The number of ether oxygens (including phenoxy) is 2. The highest BCUT2D eigenvalue weighted by atomic mass is 31.2. The number of quaternary nitrogens is 1. The molecule has 0 saturated heterocycles. The first-order valence-electron chi connectivity index (χ1n) is 23.2. The molecule has 0 aromatic rings. The Labute approximate surface area is 340 Å². The van der Waals surface area contributed by atoms with Gasteiger partial charge in [-0.2, -0.15) is 0 Å². The van der Waals surface area contributed by atoms with Gasteiger partial charge in [0.1, 0.15) is 19.8 Å². The van der Waals surface area contributed by atoms with Gasteiger partial charge in [-0.05, 0) is 18.8 Å². The van der Waals surface area contributed by atoms with Crippen molar-refractivity contribution in [1.29, 1.82) is 0 Å². The summed E-state index contributed by atoms with van der Waals surface area (Å²) in [5.74, 6) is -0.0423. The van der Waals surface area contributed by atoms with Gasteiger partial charge in [-0.25, -0.2) is 4.57 Å². The molecule has 0 aliphatic carbocycles. The van der Waals surface area contributed by atoms with E-state index in [-0.39, 0.29) is 25.6 Å². The van der Waals surface area contributed by atoms with E-state index in [9.17, 15) is 19.0 Å². The van der Waals surface area contributed by atoms with Crippen LogP contribution in [0.3, 0.4) is 0 Å². The van der Waals surface area contributed by atoms with Crippen LogP contribution in [0.15, 0.2) is 0 Å². The number of phosphoric acid groups is 1. The molecule has 0 aromatic heterocycles. The third-order valence-corrected chi connectivity index (χ3v) is 11.5. The summed E-state index contributed by atoms with van der Waals surface area (Å²) in [4.78, 5) is 35.5. The fourth-order valence-corrected chi connectivity index (χ4v) is 7.53. The predicted octanol–water partition coefficient (Wildman–Crippen LogP) is 13.1. The molecule has 0 fully saturated rings. The fraction of sp³-hybridized carbons (Fsp3) is 0.956.